The van der Waals surface area contributed by atoms with Gasteiger partial charge in [-0.2, -0.15) is 0 Å². The Kier molecular flexibility index (Phi) is 4.77. The van der Waals surface area contributed by atoms with E-state index in [1.807, 2.05) is 6.92 Å². The Labute approximate surface area is 149 Å². The molecule has 0 radical (unpaired) electrons. The molecule has 2 aromatic rings. The van der Waals surface area contributed by atoms with Crippen molar-refractivity contribution in [2.75, 3.05) is 11.9 Å². The summed E-state index contributed by atoms with van der Waals surface area (Å²) in [6.45, 7) is 3.36. The molecule has 0 bridgehead atoms. The van der Waals surface area contributed by atoms with Crippen molar-refractivity contribution >= 4 is 29.0 Å². The highest BCUT2D eigenvalue weighted by atomic mass is 35.5. The monoisotopic (exact) mass is 361 g/mol. The van der Waals surface area contributed by atoms with Crippen molar-refractivity contribution in [2.45, 2.75) is 26.2 Å². The summed E-state index contributed by atoms with van der Waals surface area (Å²) in [5.41, 5.74) is 2.08. The number of nitrogens with one attached hydrogen (secondary N) is 1. The summed E-state index contributed by atoms with van der Waals surface area (Å²) in [6, 6.07) is 7.84. The number of halogens is 2. The largest absolute Gasteiger partial charge is 0.483 e. The van der Waals surface area contributed by atoms with Crippen LogP contribution in [0.4, 0.5) is 10.1 Å². The number of carbonyl (C=O) groups is 2. The van der Waals surface area contributed by atoms with Gasteiger partial charge in [0.15, 0.2) is 12.4 Å². The van der Waals surface area contributed by atoms with E-state index in [0.29, 0.717) is 16.3 Å². The molecular formula is C19H17ClFNO3. The summed E-state index contributed by atoms with van der Waals surface area (Å²) < 4.78 is 19.5. The minimum absolute atomic E-state index is 0.164. The van der Waals surface area contributed by atoms with Crippen LogP contribution >= 0.6 is 11.6 Å². The smallest absolute Gasteiger partial charge is 0.262 e. The van der Waals surface area contributed by atoms with E-state index < -0.39 is 5.82 Å². The number of benzene rings is 2. The van der Waals surface area contributed by atoms with Crippen LogP contribution in [0.2, 0.25) is 5.02 Å². The zero-order valence-corrected chi connectivity index (χ0v) is 14.6. The minimum atomic E-state index is -0.417. The highest BCUT2D eigenvalue weighted by Gasteiger charge is 2.32. The second-order valence-electron chi connectivity index (χ2n) is 6.16. The number of Topliss-reactive ketones (excluding diaryl/α,β-unsaturated/α-hetero) is 1. The van der Waals surface area contributed by atoms with E-state index in [4.69, 9.17) is 16.3 Å². The highest BCUT2D eigenvalue weighted by Crippen LogP contribution is 2.39. The third kappa shape index (κ3) is 3.51. The molecule has 1 aliphatic carbocycles. The van der Waals surface area contributed by atoms with E-state index in [9.17, 15) is 14.0 Å². The number of carbonyl (C=O) groups excluding carboxylic acids is 2. The number of ketones is 1. The lowest BCUT2D eigenvalue weighted by molar-refractivity contribution is -0.118. The van der Waals surface area contributed by atoms with E-state index >= 15 is 0 Å². The molecule has 1 amide bonds. The van der Waals surface area contributed by atoms with E-state index in [1.165, 1.54) is 12.1 Å². The van der Waals surface area contributed by atoms with Gasteiger partial charge in [-0.15, -0.1) is 0 Å². The van der Waals surface area contributed by atoms with Gasteiger partial charge in [0.1, 0.15) is 11.6 Å². The van der Waals surface area contributed by atoms with Gasteiger partial charge in [0.2, 0.25) is 0 Å². The van der Waals surface area contributed by atoms with E-state index in [-0.39, 0.29) is 41.9 Å². The molecule has 1 aliphatic rings. The molecule has 130 valence electrons. The minimum Gasteiger partial charge on any atom is -0.483 e. The van der Waals surface area contributed by atoms with Crippen molar-refractivity contribution in [3.05, 3.63) is 57.9 Å². The van der Waals surface area contributed by atoms with Gasteiger partial charge in [-0.25, -0.2) is 4.39 Å². The third-order valence-corrected chi connectivity index (χ3v) is 4.48. The number of amides is 1. The maximum atomic E-state index is 14.0. The van der Waals surface area contributed by atoms with Crippen LogP contribution in [0.1, 0.15) is 40.7 Å². The summed E-state index contributed by atoms with van der Waals surface area (Å²) in [6.07, 6.45) is 0.251. The summed E-state index contributed by atoms with van der Waals surface area (Å²) in [5, 5.41) is 3.22. The maximum Gasteiger partial charge on any atom is 0.262 e. The SMILES string of the molecule is Cc1ccc(Cl)cc1NC(=O)COc1ccc(F)c2c1C(=O)C[C@H]2C. The molecule has 6 heteroatoms. The van der Waals surface area contributed by atoms with Crippen LogP contribution in [0.5, 0.6) is 5.75 Å². The quantitative estimate of drug-likeness (QED) is 0.872. The molecule has 1 atom stereocenters. The lowest BCUT2D eigenvalue weighted by Gasteiger charge is -2.13. The Morgan fingerprint density at radius 3 is 2.88 bits per heavy atom. The molecule has 3 rings (SSSR count). The third-order valence-electron chi connectivity index (χ3n) is 4.25. The van der Waals surface area contributed by atoms with Crippen molar-refractivity contribution in [1.82, 2.24) is 0 Å². The molecule has 0 aliphatic heterocycles. The second kappa shape index (κ2) is 6.84. The predicted molar refractivity (Wildman–Crippen MR) is 94.1 cm³/mol. The predicted octanol–water partition coefficient (Wildman–Crippen LogP) is 4.49. The average molecular weight is 362 g/mol. The summed E-state index contributed by atoms with van der Waals surface area (Å²) >= 11 is 5.93. The molecule has 1 N–H and O–H groups in total. The molecule has 0 saturated carbocycles. The lowest BCUT2D eigenvalue weighted by Crippen LogP contribution is -2.21. The van der Waals surface area contributed by atoms with Gasteiger partial charge in [-0.05, 0) is 42.7 Å². The van der Waals surface area contributed by atoms with Crippen LogP contribution in [0.3, 0.4) is 0 Å². The Hall–Kier alpha value is -2.40. The number of hydrogen-bond acceptors (Lipinski definition) is 3. The Bertz CT molecular complexity index is 866. The van der Waals surface area contributed by atoms with Gasteiger partial charge >= 0.3 is 0 Å². The standard InChI is InChI=1S/C19H17ClFNO3/c1-10-3-4-12(20)8-14(10)22-17(24)9-25-16-6-5-13(21)18-11(2)7-15(23)19(16)18/h3-6,8,11H,7,9H2,1-2H3,(H,22,24)/t11-/m1/s1. The van der Waals surface area contributed by atoms with Crippen LogP contribution in [0, 0.1) is 12.7 Å². The molecule has 4 nitrogen and oxygen atoms in total. The van der Waals surface area contributed by atoms with Gasteiger partial charge in [0.05, 0.1) is 5.56 Å². The topological polar surface area (TPSA) is 55.4 Å². The maximum absolute atomic E-state index is 14.0. The Balaban J connectivity index is 1.73. The first-order chi connectivity index (χ1) is 11.9. The normalized spacial score (nSPS) is 15.8. The van der Waals surface area contributed by atoms with Gasteiger partial charge in [-0.1, -0.05) is 24.6 Å². The van der Waals surface area contributed by atoms with Crippen LogP contribution in [-0.4, -0.2) is 18.3 Å². The van der Waals surface area contributed by atoms with Crippen LogP contribution < -0.4 is 10.1 Å². The number of hydrogen-bond donors (Lipinski definition) is 1. The van der Waals surface area contributed by atoms with Gasteiger partial charge in [0, 0.05) is 22.7 Å². The number of aryl methyl sites for hydroxylation is 1. The van der Waals surface area contributed by atoms with Gasteiger partial charge < -0.3 is 10.1 Å². The van der Waals surface area contributed by atoms with E-state index in [2.05, 4.69) is 5.32 Å². The molecule has 25 heavy (non-hydrogen) atoms. The van der Waals surface area contributed by atoms with Crippen LogP contribution in [-0.2, 0) is 4.79 Å². The number of ether oxygens (including phenoxy) is 1. The molecule has 0 heterocycles. The van der Waals surface area contributed by atoms with Crippen molar-refractivity contribution in [3.63, 3.8) is 0 Å². The number of anilines is 1. The van der Waals surface area contributed by atoms with Crippen molar-refractivity contribution in [2.24, 2.45) is 0 Å². The van der Waals surface area contributed by atoms with Crippen LogP contribution in [0.25, 0.3) is 0 Å². The number of fused-ring (bicyclic) bond motifs is 1. The van der Waals surface area contributed by atoms with Crippen molar-refractivity contribution in [1.29, 1.82) is 0 Å². The average Bonchev–Trinajstić information content (AvgIpc) is 2.86. The fourth-order valence-corrected chi connectivity index (χ4v) is 3.18. The first kappa shape index (κ1) is 17.4. The van der Waals surface area contributed by atoms with Gasteiger partial charge in [0.25, 0.3) is 5.91 Å². The molecule has 0 fully saturated rings. The fourth-order valence-electron chi connectivity index (χ4n) is 3.00. The fraction of sp³-hybridized carbons (Fsp3) is 0.263. The first-order valence-electron chi connectivity index (χ1n) is 7.91. The van der Waals surface area contributed by atoms with Gasteiger partial charge in [-0.3, -0.25) is 9.59 Å². The number of rotatable bonds is 4. The molecule has 0 unspecified atom stereocenters. The zero-order chi connectivity index (χ0) is 18.1. The molecule has 0 saturated heterocycles. The lowest BCUT2D eigenvalue weighted by atomic mass is 10.0. The summed E-state index contributed by atoms with van der Waals surface area (Å²) in [4.78, 5) is 24.2. The van der Waals surface area contributed by atoms with E-state index in [1.54, 1.807) is 25.1 Å². The van der Waals surface area contributed by atoms with Crippen LogP contribution in [0.15, 0.2) is 30.3 Å². The molecule has 0 aromatic heterocycles. The molecule has 2 aromatic carbocycles. The Morgan fingerprint density at radius 2 is 2.12 bits per heavy atom. The van der Waals surface area contributed by atoms with Crippen molar-refractivity contribution in [3.8, 4) is 5.75 Å². The highest BCUT2D eigenvalue weighted by molar-refractivity contribution is 6.31. The first-order valence-corrected chi connectivity index (χ1v) is 8.29. The molecular weight excluding hydrogens is 345 g/mol. The summed E-state index contributed by atoms with van der Waals surface area (Å²) in [7, 11) is 0. The molecule has 0 spiro atoms. The van der Waals surface area contributed by atoms with E-state index in [0.717, 1.165) is 5.56 Å². The second-order valence-corrected chi connectivity index (χ2v) is 6.60. The van der Waals surface area contributed by atoms with Crippen molar-refractivity contribution < 1.29 is 18.7 Å². The Morgan fingerprint density at radius 1 is 1.36 bits per heavy atom. The zero-order valence-electron chi connectivity index (χ0n) is 13.9. The summed E-state index contributed by atoms with van der Waals surface area (Å²) in [5.74, 6) is -0.914.